The van der Waals surface area contributed by atoms with Crippen molar-refractivity contribution in [3.8, 4) is 0 Å². The maximum absolute atomic E-state index is 13.2. The number of hydrogen-bond acceptors (Lipinski definition) is 11. The number of carbonyl (C=O) groups excluding carboxylic acids is 3. The first kappa shape index (κ1) is 74.7. The number of aliphatic hydroxyl groups excluding tert-OH is 2. The van der Waals surface area contributed by atoms with Crippen molar-refractivity contribution in [2.24, 2.45) is 0 Å². The normalized spacial score (nSPS) is 18.4. The topological polar surface area (TPSA) is 175 Å². The molecule has 6 atom stereocenters. The van der Waals surface area contributed by atoms with E-state index in [1.165, 1.54) is 89.9 Å². The molecule has 1 aliphatic heterocycles. The number of unbranched alkanes of at least 4 members (excludes halogenated alkanes) is 24. The predicted octanol–water partition coefficient (Wildman–Crippen LogP) is 17.2. The van der Waals surface area contributed by atoms with Crippen LogP contribution in [-0.4, -0.2) is 89.2 Å². The number of hydrogen-bond donors (Lipinski definition) is 3. The highest BCUT2D eigenvalue weighted by Gasteiger charge is 2.50. The Morgan fingerprint density at radius 3 is 1.21 bits per heavy atom. The molecule has 81 heavy (non-hydrogen) atoms. The maximum Gasteiger partial charge on any atom is 0.335 e. The van der Waals surface area contributed by atoms with E-state index in [1.807, 2.05) is 0 Å². The Morgan fingerprint density at radius 2 is 0.778 bits per heavy atom. The fourth-order valence-corrected chi connectivity index (χ4v) is 9.29. The van der Waals surface area contributed by atoms with E-state index in [9.17, 15) is 34.5 Å². The third-order valence-electron chi connectivity index (χ3n) is 14.2. The lowest BCUT2D eigenvalue weighted by Crippen LogP contribution is -2.61. The minimum atomic E-state index is -1.92. The summed E-state index contributed by atoms with van der Waals surface area (Å²) >= 11 is 0. The number of allylic oxidation sites excluding steroid dienone is 16. The molecule has 0 aliphatic carbocycles. The molecule has 0 saturated carbocycles. The minimum absolute atomic E-state index is 0.0526. The standard InChI is InChI=1S/C69H114O12/c1-4-7-10-13-16-19-22-25-28-30-31-33-36-39-42-45-48-51-54-57-63(72)80-67-65(74)64(73)66(68(75)76)81-69(67)78-59-60(79-62(71)56-53-50-47-44-41-38-34-27-24-21-18-15-12-9-6-3)58-77-61(70)55-52-49-46-43-40-37-35-32-29-26-23-20-17-14-11-8-5-2/h8-9,11-12,17-18,20-21,26-27,29,34-35,37,41,44,60,64-67,69,73-74H,4-7,10,13-16,19,22-25,28,30-33,36,38-40,42-43,45-59H2,1-3H3,(H,75,76)/b11-8-,12-9-,20-17-,21-18-,29-26-,34-27-,37-35-,44-41-. The molecule has 0 aromatic rings. The number of carboxylic acids is 1. The lowest BCUT2D eigenvalue weighted by Gasteiger charge is -2.40. The van der Waals surface area contributed by atoms with Crippen LogP contribution in [0.3, 0.4) is 0 Å². The minimum Gasteiger partial charge on any atom is -0.479 e. The Labute approximate surface area is 492 Å². The molecule has 0 spiro atoms. The summed E-state index contributed by atoms with van der Waals surface area (Å²) in [6.45, 7) is 5.74. The maximum atomic E-state index is 13.2. The molecular weight excluding hydrogens is 1020 g/mol. The van der Waals surface area contributed by atoms with E-state index in [0.29, 0.717) is 19.3 Å². The summed E-state index contributed by atoms with van der Waals surface area (Å²) in [7, 11) is 0. The Balaban J connectivity index is 2.69. The third kappa shape index (κ3) is 45.8. The van der Waals surface area contributed by atoms with Crippen molar-refractivity contribution in [2.75, 3.05) is 13.2 Å². The van der Waals surface area contributed by atoms with Crippen molar-refractivity contribution in [2.45, 2.75) is 302 Å². The summed E-state index contributed by atoms with van der Waals surface area (Å²) in [5.74, 6) is -3.20. The van der Waals surface area contributed by atoms with Gasteiger partial charge in [0.1, 0.15) is 18.8 Å². The zero-order valence-electron chi connectivity index (χ0n) is 51.0. The molecule has 3 N–H and O–H groups in total. The second-order valence-electron chi connectivity index (χ2n) is 21.6. The highest BCUT2D eigenvalue weighted by atomic mass is 16.7. The summed E-state index contributed by atoms with van der Waals surface area (Å²) in [6, 6.07) is 0. The smallest absolute Gasteiger partial charge is 0.335 e. The largest absolute Gasteiger partial charge is 0.479 e. The molecule has 0 bridgehead atoms. The van der Waals surface area contributed by atoms with Gasteiger partial charge in [-0.2, -0.15) is 0 Å². The molecule has 0 amide bonds. The Kier molecular flexibility index (Phi) is 51.7. The first-order chi connectivity index (χ1) is 39.6. The lowest BCUT2D eigenvalue weighted by atomic mass is 9.98. The van der Waals surface area contributed by atoms with Crippen LogP contribution in [0.5, 0.6) is 0 Å². The van der Waals surface area contributed by atoms with Crippen LogP contribution in [0.2, 0.25) is 0 Å². The van der Waals surface area contributed by atoms with Crippen molar-refractivity contribution >= 4 is 23.9 Å². The van der Waals surface area contributed by atoms with Gasteiger partial charge in [-0.3, -0.25) is 14.4 Å². The number of esters is 3. The quantitative estimate of drug-likeness (QED) is 0.0228. The van der Waals surface area contributed by atoms with Crippen LogP contribution in [0.4, 0.5) is 0 Å². The molecule has 0 aromatic carbocycles. The molecule has 12 nitrogen and oxygen atoms in total. The number of aliphatic hydroxyl groups is 2. The summed E-state index contributed by atoms with van der Waals surface area (Å²) in [5.41, 5.74) is 0. The Hall–Kier alpha value is -4.36. The first-order valence-corrected chi connectivity index (χ1v) is 32.2. The van der Waals surface area contributed by atoms with E-state index in [4.69, 9.17) is 23.7 Å². The highest BCUT2D eigenvalue weighted by Crippen LogP contribution is 2.27. The van der Waals surface area contributed by atoms with Crippen LogP contribution in [0.15, 0.2) is 97.2 Å². The Morgan fingerprint density at radius 1 is 0.420 bits per heavy atom. The molecule has 0 radical (unpaired) electrons. The molecule has 1 aliphatic rings. The van der Waals surface area contributed by atoms with Crippen LogP contribution in [0, 0.1) is 0 Å². The van der Waals surface area contributed by atoms with Crippen LogP contribution in [0.25, 0.3) is 0 Å². The Bertz CT molecular complexity index is 1780. The fourth-order valence-electron chi connectivity index (χ4n) is 9.29. The fraction of sp³-hybridized carbons (Fsp3) is 0.710. The van der Waals surface area contributed by atoms with Crippen molar-refractivity contribution in [1.29, 1.82) is 0 Å². The van der Waals surface area contributed by atoms with Crippen LogP contribution in [-0.2, 0) is 42.9 Å². The van der Waals surface area contributed by atoms with Gasteiger partial charge in [0.05, 0.1) is 6.61 Å². The van der Waals surface area contributed by atoms with Crippen molar-refractivity contribution in [3.63, 3.8) is 0 Å². The molecule has 1 heterocycles. The molecule has 1 fully saturated rings. The van der Waals surface area contributed by atoms with Crippen LogP contribution < -0.4 is 0 Å². The monoisotopic (exact) mass is 1130 g/mol. The van der Waals surface area contributed by atoms with Gasteiger partial charge in [0.15, 0.2) is 24.6 Å². The SMILES string of the molecule is CC/C=C\C/C=C\C/C=C\C/C=C\CCCCCCC(=O)OCC(COC1OC(C(=O)O)C(O)C(O)C1OC(=O)CCCCCCCCCCCCCCCCCCCCC)OC(=O)CCCC/C=C\C/C=C\C/C=C\C/C=C\CC. The van der Waals surface area contributed by atoms with Gasteiger partial charge in [-0.25, -0.2) is 4.79 Å². The highest BCUT2D eigenvalue weighted by molar-refractivity contribution is 5.74. The second kappa shape index (κ2) is 56.1. The van der Waals surface area contributed by atoms with Crippen molar-refractivity contribution in [1.82, 2.24) is 0 Å². The molecular formula is C69H114O12. The summed E-state index contributed by atoms with van der Waals surface area (Å²) in [4.78, 5) is 51.3. The molecule has 462 valence electrons. The third-order valence-corrected chi connectivity index (χ3v) is 14.2. The van der Waals surface area contributed by atoms with Gasteiger partial charge >= 0.3 is 23.9 Å². The average molecular weight is 1140 g/mol. The van der Waals surface area contributed by atoms with Gasteiger partial charge in [-0.1, -0.05) is 246 Å². The molecule has 1 rings (SSSR count). The van der Waals surface area contributed by atoms with E-state index in [-0.39, 0.29) is 25.9 Å². The van der Waals surface area contributed by atoms with E-state index in [2.05, 4.69) is 118 Å². The molecule has 6 unspecified atom stereocenters. The van der Waals surface area contributed by atoms with Crippen LogP contribution >= 0.6 is 0 Å². The van der Waals surface area contributed by atoms with Crippen molar-refractivity contribution < 1.29 is 58.2 Å². The number of rotatable bonds is 54. The number of carboxylic acid groups (broad SMARTS) is 1. The first-order valence-electron chi connectivity index (χ1n) is 32.2. The van der Waals surface area contributed by atoms with Gasteiger partial charge in [0, 0.05) is 19.3 Å². The number of carbonyl (C=O) groups is 4. The summed E-state index contributed by atoms with van der Waals surface area (Å²) in [5, 5.41) is 31.6. The molecule has 0 aromatic heterocycles. The van der Waals surface area contributed by atoms with Gasteiger partial charge < -0.3 is 39.0 Å². The second-order valence-corrected chi connectivity index (χ2v) is 21.6. The van der Waals surface area contributed by atoms with Gasteiger partial charge in [-0.15, -0.1) is 0 Å². The zero-order valence-corrected chi connectivity index (χ0v) is 51.0. The van der Waals surface area contributed by atoms with Crippen molar-refractivity contribution in [3.05, 3.63) is 97.2 Å². The van der Waals surface area contributed by atoms with E-state index in [0.717, 1.165) is 116 Å². The zero-order chi connectivity index (χ0) is 58.9. The number of aliphatic carboxylic acids is 1. The van der Waals surface area contributed by atoms with Gasteiger partial charge in [0.25, 0.3) is 0 Å². The summed E-state index contributed by atoms with van der Waals surface area (Å²) in [6.07, 6.45) is 62.3. The van der Waals surface area contributed by atoms with Gasteiger partial charge in [0.2, 0.25) is 0 Å². The molecule has 12 heteroatoms. The number of ether oxygens (including phenoxy) is 5. The molecule has 1 saturated heterocycles. The van der Waals surface area contributed by atoms with E-state index < -0.39 is 67.3 Å². The average Bonchev–Trinajstić information content (AvgIpc) is 3.53. The predicted molar refractivity (Wildman–Crippen MR) is 331 cm³/mol. The summed E-state index contributed by atoms with van der Waals surface area (Å²) < 4.78 is 28.5. The lowest BCUT2D eigenvalue weighted by molar-refractivity contribution is -0.301. The van der Waals surface area contributed by atoms with E-state index in [1.54, 1.807) is 0 Å². The van der Waals surface area contributed by atoms with E-state index >= 15 is 0 Å². The van der Waals surface area contributed by atoms with Crippen LogP contribution in [0.1, 0.15) is 265 Å². The van der Waals surface area contributed by atoms with Gasteiger partial charge in [-0.05, 0) is 96.3 Å².